The molecular weight excluding hydrogens is 122 g/mol. The number of halogens is 2. The minimum atomic E-state index is -1.47. The van der Waals surface area contributed by atoms with Crippen LogP contribution in [0.4, 0.5) is 8.78 Å². The molecule has 0 spiro atoms. The van der Waals surface area contributed by atoms with Gasteiger partial charge in [-0.3, -0.25) is 0 Å². The molecule has 51 valence electrons. The molecule has 1 fully saturated rings. The van der Waals surface area contributed by atoms with Crippen molar-refractivity contribution in [3.63, 3.8) is 0 Å². The summed E-state index contributed by atoms with van der Waals surface area (Å²) >= 11 is 0. The van der Waals surface area contributed by atoms with Gasteiger partial charge >= 0.3 is 0 Å². The molecule has 0 heterocycles. The van der Waals surface area contributed by atoms with Crippen molar-refractivity contribution >= 4 is 0 Å². The molecule has 0 N–H and O–H groups in total. The third kappa shape index (κ3) is 1.77. The zero-order valence-corrected chi connectivity index (χ0v) is 5.16. The summed E-state index contributed by atoms with van der Waals surface area (Å²) in [5, 5.41) is 0. The van der Waals surface area contributed by atoms with Crippen molar-refractivity contribution in [1.82, 2.24) is 0 Å². The highest BCUT2D eigenvalue weighted by Gasteiger charge is 2.10. The Kier molecular flexibility index (Phi) is 2.20. The van der Waals surface area contributed by atoms with Gasteiger partial charge in [0.2, 0.25) is 0 Å². The minimum absolute atomic E-state index is 0.334. The molecule has 0 unspecified atom stereocenters. The molecule has 1 radical (unpaired) electrons. The average Bonchev–Trinajstić information content (AvgIpc) is 1.90. The molecule has 0 nitrogen and oxygen atoms in total. The van der Waals surface area contributed by atoms with E-state index in [1.807, 2.05) is 6.42 Å². The van der Waals surface area contributed by atoms with E-state index in [4.69, 9.17) is 0 Å². The number of allylic oxidation sites excluding steroid dienone is 1. The average molecular weight is 131 g/mol. The van der Waals surface area contributed by atoms with E-state index in [-0.39, 0.29) is 0 Å². The summed E-state index contributed by atoms with van der Waals surface area (Å²) in [4.78, 5) is 0. The minimum Gasteiger partial charge on any atom is -0.173 e. The Morgan fingerprint density at radius 1 is 1.44 bits per heavy atom. The van der Waals surface area contributed by atoms with Crippen LogP contribution in [0.2, 0.25) is 0 Å². The van der Waals surface area contributed by atoms with Gasteiger partial charge in [0.05, 0.1) is 0 Å². The second-order valence-electron chi connectivity index (χ2n) is 2.25. The lowest BCUT2D eigenvalue weighted by atomic mass is 9.96. The zero-order valence-electron chi connectivity index (χ0n) is 5.16. The van der Waals surface area contributed by atoms with Crippen LogP contribution in [0, 0.1) is 6.42 Å². The highest BCUT2D eigenvalue weighted by Crippen LogP contribution is 2.25. The number of hydrogen-bond acceptors (Lipinski definition) is 0. The van der Waals surface area contributed by atoms with Crippen molar-refractivity contribution in [3.8, 4) is 0 Å². The van der Waals surface area contributed by atoms with Crippen molar-refractivity contribution in [2.45, 2.75) is 25.7 Å². The van der Waals surface area contributed by atoms with E-state index in [0.717, 1.165) is 12.8 Å². The van der Waals surface area contributed by atoms with E-state index in [1.165, 1.54) is 0 Å². The molecule has 0 bridgehead atoms. The van der Waals surface area contributed by atoms with Gasteiger partial charge in [-0.15, -0.1) is 0 Å². The Bertz CT molecular complexity index is 115. The van der Waals surface area contributed by atoms with Crippen LogP contribution in [0.25, 0.3) is 0 Å². The van der Waals surface area contributed by atoms with Crippen LogP contribution >= 0.6 is 0 Å². The fraction of sp³-hybridized carbons (Fsp3) is 0.571. The van der Waals surface area contributed by atoms with Gasteiger partial charge in [-0.25, -0.2) is 0 Å². The van der Waals surface area contributed by atoms with Crippen LogP contribution in [0.3, 0.4) is 0 Å². The van der Waals surface area contributed by atoms with Crippen LogP contribution in [-0.4, -0.2) is 0 Å². The van der Waals surface area contributed by atoms with Crippen molar-refractivity contribution in [1.29, 1.82) is 0 Å². The summed E-state index contributed by atoms with van der Waals surface area (Å²) in [6.45, 7) is 0. The van der Waals surface area contributed by atoms with Crippen LogP contribution < -0.4 is 0 Å². The molecule has 0 amide bonds. The Balaban J connectivity index is 2.49. The Labute approximate surface area is 53.6 Å². The van der Waals surface area contributed by atoms with Gasteiger partial charge in [0.25, 0.3) is 6.08 Å². The summed E-state index contributed by atoms with van der Waals surface area (Å²) < 4.78 is 23.6. The van der Waals surface area contributed by atoms with Gasteiger partial charge in [0.1, 0.15) is 0 Å². The first-order chi connectivity index (χ1) is 4.30. The lowest BCUT2D eigenvalue weighted by molar-refractivity contribution is 0.400. The van der Waals surface area contributed by atoms with E-state index in [0.29, 0.717) is 18.4 Å². The maximum Gasteiger partial charge on any atom is 0.269 e. The highest BCUT2D eigenvalue weighted by atomic mass is 19.3. The van der Waals surface area contributed by atoms with Crippen LogP contribution in [-0.2, 0) is 0 Å². The van der Waals surface area contributed by atoms with E-state index >= 15 is 0 Å². The third-order valence-corrected chi connectivity index (χ3v) is 1.54. The largest absolute Gasteiger partial charge is 0.269 e. The first-order valence-electron chi connectivity index (χ1n) is 3.15. The second-order valence-corrected chi connectivity index (χ2v) is 2.25. The third-order valence-electron chi connectivity index (χ3n) is 1.54. The first kappa shape index (κ1) is 6.72. The molecule has 0 saturated heterocycles. The van der Waals surface area contributed by atoms with Crippen molar-refractivity contribution < 1.29 is 8.78 Å². The van der Waals surface area contributed by atoms with Crippen molar-refractivity contribution in [2.75, 3.05) is 0 Å². The molecule has 1 saturated carbocycles. The number of hydrogen-bond donors (Lipinski definition) is 0. The lowest BCUT2D eigenvalue weighted by Crippen LogP contribution is -1.94. The van der Waals surface area contributed by atoms with Gasteiger partial charge in [-0.2, -0.15) is 8.78 Å². The predicted molar refractivity (Wildman–Crippen MR) is 32.0 cm³/mol. The van der Waals surface area contributed by atoms with Crippen LogP contribution in [0.15, 0.2) is 11.7 Å². The lowest BCUT2D eigenvalue weighted by Gasteiger charge is -2.10. The molecule has 0 aliphatic heterocycles. The first-order valence-corrected chi connectivity index (χ1v) is 3.15. The summed E-state index contributed by atoms with van der Waals surface area (Å²) in [6.07, 6.45) is 3.44. The fourth-order valence-corrected chi connectivity index (χ4v) is 1.01. The topological polar surface area (TPSA) is 0 Å². The molecule has 9 heavy (non-hydrogen) atoms. The molecule has 1 aliphatic rings. The monoisotopic (exact) mass is 131 g/mol. The molecule has 0 aromatic carbocycles. The molecule has 2 heteroatoms. The van der Waals surface area contributed by atoms with Gasteiger partial charge in [-0.1, -0.05) is 0 Å². The molecule has 1 aliphatic carbocycles. The molecule has 1 rings (SSSR count). The maximum absolute atomic E-state index is 11.8. The van der Waals surface area contributed by atoms with E-state index in [2.05, 4.69) is 0 Å². The zero-order chi connectivity index (χ0) is 6.69. The van der Waals surface area contributed by atoms with Crippen LogP contribution in [0.5, 0.6) is 0 Å². The summed E-state index contributed by atoms with van der Waals surface area (Å²) in [5.41, 5.74) is 0.334. The van der Waals surface area contributed by atoms with Crippen molar-refractivity contribution in [2.24, 2.45) is 0 Å². The quantitative estimate of drug-likeness (QED) is 0.474. The van der Waals surface area contributed by atoms with Gasteiger partial charge in [-0.05, 0) is 37.7 Å². The van der Waals surface area contributed by atoms with Gasteiger partial charge in [0, 0.05) is 0 Å². The van der Waals surface area contributed by atoms with E-state index in [9.17, 15) is 8.78 Å². The Morgan fingerprint density at radius 2 is 2.22 bits per heavy atom. The normalized spacial score (nSPS) is 20.0. The fourth-order valence-electron chi connectivity index (χ4n) is 1.01. The number of rotatable bonds is 0. The predicted octanol–water partition coefficient (Wildman–Crippen LogP) is 2.92. The standard InChI is InChI=1S/C7H9F2/c8-7(9)6-4-2-1-3-5-6/h2H,1,3-5H2. The molecular formula is C7H9F2. The Morgan fingerprint density at radius 3 is 2.56 bits per heavy atom. The summed E-state index contributed by atoms with van der Waals surface area (Å²) in [5.74, 6) is 0. The molecule has 0 aromatic rings. The van der Waals surface area contributed by atoms with Gasteiger partial charge in [0.15, 0.2) is 0 Å². The molecule has 0 atom stereocenters. The summed E-state index contributed by atoms with van der Waals surface area (Å²) in [6, 6.07) is 0. The Hall–Kier alpha value is -0.400. The highest BCUT2D eigenvalue weighted by molar-refractivity contribution is 5.08. The smallest absolute Gasteiger partial charge is 0.173 e. The maximum atomic E-state index is 11.8. The molecule has 0 aromatic heterocycles. The van der Waals surface area contributed by atoms with Gasteiger partial charge < -0.3 is 0 Å². The summed E-state index contributed by atoms with van der Waals surface area (Å²) in [7, 11) is 0. The van der Waals surface area contributed by atoms with Crippen LogP contribution in [0.1, 0.15) is 25.7 Å². The second kappa shape index (κ2) is 2.95. The van der Waals surface area contributed by atoms with E-state index < -0.39 is 6.08 Å². The van der Waals surface area contributed by atoms with Crippen molar-refractivity contribution in [3.05, 3.63) is 18.1 Å². The SMILES string of the molecule is FC(F)=C1C[CH]CCC1. The van der Waals surface area contributed by atoms with E-state index in [1.54, 1.807) is 0 Å².